The highest BCUT2D eigenvalue weighted by molar-refractivity contribution is 5.93. The molecule has 1 amide bonds. The second-order valence-corrected chi connectivity index (χ2v) is 4.20. The van der Waals surface area contributed by atoms with Gasteiger partial charge in [0.25, 0.3) is 5.91 Å². The Bertz CT molecular complexity index is 331. The van der Waals surface area contributed by atoms with E-state index in [1.807, 2.05) is 6.92 Å². The van der Waals surface area contributed by atoms with Crippen molar-refractivity contribution < 1.29 is 9.53 Å². The van der Waals surface area contributed by atoms with E-state index in [-0.39, 0.29) is 11.9 Å². The molecule has 2 heterocycles. The van der Waals surface area contributed by atoms with Crippen LogP contribution >= 0.6 is 0 Å². The summed E-state index contributed by atoms with van der Waals surface area (Å²) in [5.74, 6) is 0.456. The molecule has 5 heteroatoms. The smallest absolute Gasteiger partial charge is 0.254 e. The van der Waals surface area contributed by atoms with Gasteiger partial charge in [0.2, 0.25) is 0 Å². The number of aromatic amines is 1. The fourth-order valence-corrected chi connectivity index (χ4v) is 2.00. The first kappa shape index (κ1) is 11.1. The van der Waals surface area contributed by atoms with Gasteiger partial charge in [-0.1, -0.05) is 0 Å². The van der Waals surface area contributed by atoms with Gasteiger partial charge in [-0.2, -0.15) is 5.10 Å². The molecule has 0 spiro atoms. The molecule has 5 nitrogen and oxygen atoms in total. The zero-order valence-electron chi connectivity index (χ0n) is 9.40. The Hall–Kier alpha value is -1.36. The summed E-state index contributed by atoms with van der Waals surface area (Å²) in [6, 6.07) is 0.186. The van der Waals surface area contributed by atoms with Crippen molar-refractivity contribution in [3.8, 4) is 0 Å². The number of hydrogen-bond acceptors (Lipinski definition) is 3. The van der Waals surface area contributed by atoms with Gasteiger partial charge in [0, 0.05) is 25.5 Å². The van der Waals surface area contributed by atoms with Gasteiger partial charge in [-0.05, 0) is 25.7 Å². The molecule has 1 saturated heterocycles. The molecule has 2 N–H and O–H groups in total. The number of nitrogens with zero attached hydrogens (tertiary/aromatic N) is 1. The highest BCUT2D eigenvalue weighted by atomic mass is 16.5. The van der Waals surface area contributed by atoms with Crippen LogP contribution < -0.4 is 5.32 Å². The molecule has 88 valence electrons. The van der Waals surface area contributed by atoms with Gasteiger partial charge in [0.15, 0.2) is 0 Å². The summed E-state index contributed by atoms with van der Waals surface area (Å²) < 4.78 is 5.30. The average Bonchev–Trinajstić information content (AvgIpc) is 2.83. The summed E-state index contributed by atoms with van der Waals surface area (Å²) in [6.07, 6.45) is 5.18. The maximum absolute atomic E-state index is 11.8. The summed E-state index contributed by atoms with van der Waals surface area (Å²) in [4.78, 5) is 11.8. The van der Waals surface area contributed by atoms with Crippen molar-refractivity contribution in [2.24, 2.45) is 5.92 Å². The van der Waals surface area contributed by atoms with Crippen molar-refractivity contribution in [2.45, 2.75) is 25.8 Å². The Morgan fingerprint density at radius 2 is 2.38 bits per heavy atom. The van der Waals surface area contributed by atoms with E-state index >= 15 is 0 Å². The van der Waals surface area contributed by atoms with E-state index in [4.69, 9.17) is 4.74 Å². The highest BCUT2D eigenvalue weighted by Crippen LogP contribution is 2.18. The normalized spacial score (nSPS) is 19.3. The van der Waals surface area contributed by atoms with Crippen LogP contribution in [-0.4, -0.2) is 35.4 Å². The van der Waals surface area contributed by atoms with E-state index in [9.17, 15) is 4.79 Å². The van der Waals surface area contributed by atoms with Crippen LogP contribution in [0.15, 0.2) is 12.4 Å². The van der Waals surface area contributed by atoms with Gasteiger partial charge in [-0.25, -0.2) is 0 Å². The maximum Gasteiger partial charge on any atom is 0.254 e. The Kier molecular flexibility index (Phi) is 3.56. The lowest BCUT2D eigenvalue weighted by Gasteiger charge is -2.28. The standard InChI is InChI=1S/C11H17N3O2/c1-8(9-2-4-16-5-3-9)14-11(15)10-6-12-13-7-10/h6-9H,2-5H2,1H3,(H,12,13)(H,14,15). The van der Waals surface area contributed by atoms with Crippen molar-refractivity contribution in [1.82, 2.24) is 15.5 Å². The molecule has 0 bridgehead atoms. The number of H-pyrrole nitrogens is 1. The van der Waals surface area contributed by atoms with E-state index in [0.29, 0.717) is 11.5 Å². The van der Waals surface area contributed by atoms with Crippen LogP contribution in [0.1, 0.15) is 30.1 Å². The Balaban J connectivity index is 1.86. The molecule has 1 aliphatic heterocycles. The molecule has 16 heavy (non-hydrogen) atoms. The predicted molar refractivity (Wildman–Crippen MR) is 59.1 cm³/mol. The van der Waals surface area contributed by atoms with E-state index < -0.39 is 0 Å². The van der Waals surface area contributed by atoms with E-state index in [1.165, 1.54) is 6.20 Å². The molecule has 2 rings (SSSR count). The van der Waals surface area contributed by atoms with Crippen LogP contribution in [0.2, 0.25) is 0 Å². The SMILES string of the molecule is CC(NC(=O)c1cn[nH]c1)C1CCOCC1. The average molecular weight is 223 g/mol. The number of rotatable bonds is 3. The maximum atomic E-state index is 11.8. The predicted octanol–water partition coefficient (Wildman–Crippen LogP) is 0.955. The Morgan fingerprint density at radius 3 is 3.00 bits per heavy atom. The number of amides is 1. The van der Waals surface area contributed by atoms with Crippen molar-refractivity contribution in [1.29, 1.82) is 0 Å². The van der Waals surface area contributed by atoms with Gasteiger partial charge < -0.3 is 10.1 Å². The number of ether oxygens (including phenoxy) is 1. The minimum absolute atomic E-state index is 0.0623. The van der Waals surface area contributed by atoms with Crippen LogP contribution in [0, 0.1) is 5.92 Å². The topological polar surface area (TPSA) is 67.0 Å². The number of carbonyl (C=O) groups excluding carboxylic acids is 1. The van der Waals surface area contributed by atoms with Gasteiger partial charge in [0.1, 0.15) is 0 Å². The summed E-state index contributed by atoms with van der Waals surface area (Å²) in [5.41, 5.74) is 0.582. The Morgan fingerprint density at radius 1 is 1.62 bits per heavy atom. The molecule has 0 aromatic carbocycles. The minimum Gasteiger partial charge on any atom is -0.381 e. The van der Waals surface area contributed by atoms with Crippen LogP contribution in [0.25, 0.3) is 0 Å². The summed E-state index contributed by atoms with van der Waals surface area (Å²) in [7, 11) is 0. The fourth-order valence-electron chi connectivity index (χ4n) is 2.00. The second kappa shape index (κ2) is 5.12. The lowest BCUT2D eigenvalue weighted by Crippen LogP contribution is -2.40. The lowest BCUT2D eigenvalue weighted by molar-refractivity contribution is 0.0538. The lowest BCUT2D eigenvalue weighted by atomic mass is 9.93. The molecule has 0 radical (unpaired) electrons. The van der Waals surface area contributed by atoms with Crippen LogP contribution in [0.3, 0.4) is 0 Å². The minimum atomic E-state index is -0.0623. The first-order valence-electron chi connectivity index (χ1n) is 5.65. The van der Waals surface area contributed by atoms with E-state index in [0.717, 1.165) is 26.1 Å². The fraction of sp³-hybridized carbons (Fsp3) is 0.636. The molecule has 1 atom stereocenters. The van der Waals surface area contributed by atoms with Crippen molar-refractivity contribution in [3.05, 3.63) is 18.0 Å². The van der Waals surface area contributed by atoms with Crippen LogP contribution in [0.4, 0.5) is 0 Å². The zero-order valence-corrected chi connectivity index (χ0v) is 9.40. The van der Waals surface area contributed by atoms with Gasteiger partial charge in [0.05, 0.1) is 11.8 Å². The molecule has 1 fully saturated rings. The van der Waals surface area contributed by atoms with Crippen LogP contribution in [0.5, 0.6) is 0 Å². The third-order valence-corrected chi connectivity index (χ3v) is 3.09. The van der Waals surface area contributed by atoms with Gasteiger partial charge >= 0.3 is 0 Å². The van der Waals surface area contributed by atoms with E-state index in [2.05, 4.69) is 15.5 Å². The monoisotopic (exact) mass is 223 g/mol. The van der Waals surface area contributed by atoms with Gasteiger partial charge in [-0.15, -0.1) is 0 Å². The largest absolute Gasteiger partial charge is 0.381 e. The van der Waals surface area contributed by atoms with Crippen molar-refractivity contribution in [2.75, 3.05) is 13.2 Å². The van der Waals surface area contributed by atoms with Crippen LogP contribution in [-0.2, 0) is 4.74 Å². The van der Waals surface area contributed by atoms with Crippen molar-refractivity contribution in [3.63, 3.8) is 0 Å². The Labute approximate surface area is 94.6 Å². The molecule has 0 saturated carbocycles. The quantitative estimate of drug-likeness (QED) is 0.802. The number of aromatic nitrogens is 2. The third-order valence-electron chi connectivity index (χ3n) is 3.09. The molecule has 0 aliphatic carbocycles. The summed E-state index contributed by atoms with van der Waals surface area (Å²) in [6.45, 7) is 3.65. The molecule has 1 aromatic heterocycles. The highest BCUT2D eigenvalue weighted by Gasteiger charge is 2.22. The second-order valence-electron chi connectivity index (χ2n) is 4.20. The third kappa shape index (κ3) is 2.61. The number of nitrogens with one attached hydrogen (secondary N) is 2. The molecule has 1 aliphatic rings. The molecule has 1 aromatic rings. The first-order chi connectivity index (χ1) is 7.77. The van der Waals surface area contributed by atoms with Crippen molar-refractivity contribution >= 4 is 5.91 Å². The zero-order chi connectivity index (χ0) is 11.4. The molecular formula is C11H17N3O2. The number of carbonyl (C=O) groups is 1. The molecule has 1 unspecified atom stereocenters. The molecular weight excluding hydrogens is 206 g/mol. The van der Waals surface area contributed by atoms with E-state index in [1.54, 1.807) is 6.20 Å². The van der Waals surface area contributed by atoms with Gasteiger partial charge in [-0.3, -0.25) is 9.89 Å². The first-order valence-corrected chi connectivity index (χ1v) is 5.65. The summed E-state index contributed by atoms with van der Waals surface area (Å²) in [5, 5.41) is 9.39. The number of hydrogen-bond donors (Lipinski definition) is 2. The summed E-state index contributed by atoms with van der Waals surface area (Å²) >= 11 is 0.